The lowest BCUT2D eigenvalue weighted by Crippen LogP contribution is -2.19. The second-order valence-corrected chi connectivity index (χ2v) is 3.56. The largest absolute Gasteiger partial charge is 0.484 e. The van der Waals surface area contributed by atoms with Gasteiger partial charge >= 0.3 is 6.18 Å². The van der Waals surface area contributed by atoms with Crippen molar-refractivity contribution in [2.24, 2.45) is 0 Å². The highest BCUT2D eigenvalue weighted by molar-refractivity contribution is 5.29. The number of hydrogen-bond acceptors (Lipinski definition) is 1. The van der Waals surface area contributed by atoms with Crippen LogP contribution in [-0.2, 0) is 0 Å². The van der Waals surface area contributed by atoms with Gasteiger partial charge in [-0.1, -0.05) is 19.9 Å². The number of ether oxygens (including phenoxy) is 1. The van der Waals surface area contributed by atoms with Crippen LogP contribution in [0, 0.1) is 6.07 Å². The van der Waals surface area contributed by atoms with Gasteiger partial charge in [0.15, 0.2) is 6.61 Å². The molecule has 0 spiro atoms. The summed E-state index contributed by atoms with van der Waals surface area (Å²) < 4.78 is 40.2. The number of rotatable bonds is 3. The Morgan fingerprint density at radius 1 is 1.33 bits per heavy atom. The molecule has 83 valence electrons. The number of benzene rings is 1. The molecule has 1 aromatic rings. The van der Waals surface area contributed by atoms with E-state index in [0.717, 1.165) is 5.56 Å². The summed E-state index contributed by atoms with van der Waals surface area (Å²) in [4.78, 5) is 0. The molecule has 0 aromatic heterocycles. The van der Waals surface area contributed by atoms with E-state index < -0.39 is 12.8 Å². The van der Waals surface area contributed by atoms with E-state index in [9.17, 15) is 13.2 Å². The molecule has 0 heterocycles. The first-order chi connectivity index (χ1) is 6.88. The zero-order valence-electron chi connectivity index (χ0n) is 8.56. The van der Waals surface area contributed by atoms with E-state index >= 15 is 0 Å². The Hall–Kier alpha value is -1.19. The summed E-state index contributed by atoms with van der Waals surface area (Å²) in [6, 6.07) is 7.50. The molecule has 0 aliphatic carbocycles. The summed E-state index contributed by atoms with van der Waals surface area (Å²) in [5.74, 6) is 0.453. The average molecular weight is 217 g/mol. The van der Waals surface area contributed by atoms with E-state index in [1.165, 1.54) is 6.07 Å². The minimum Gasteiger partial charge on any atom is -0.484 e. The first kappa shape index (κ1) is 11.9. The van der Waals surface area contributed by atoms with Gasteiger partial charge in [0.1, 0.15) is 5.75 Å². The standard InChI is InChI=1S/C11H12F3O/c1-8(2)9-4-3-5-10(6-9)15-7-11(12,13)14/h4-6,8H,7H2,1-2H3. The van der Waals surface area contributed by atoms with E-state index in [-0.39, 0.29) is 11.7 Å². The van der Waals surface area contributed by atoms with Crippen molar-refractivity contribution in [1.29, 1.82) is 0 Å². The van der Waals surface area contributed by atoms with Crippen LogP contribution in [0.2, 0.25) is 0 Å². The van der Waals surface area contributed by atoms with E-state index in [0.29, 0.717) is 0 Å². The van der Waals surface area contributed by atoms with E-state index in [4.69, 9.17) is 0 Å². The third-order valence-electron chi connectivity index (χ3n) is 1.85. The van der Waals surface area contributed by atoms with Gasteiger partial charge in [-0.2, -0.15) is 13.2 Å². The molecule has 15 heavy (non-hydrogen) atoms. The van der Waals surface area contributed by atoms with Gasteiger partial charge in [-0.25, -0.2) is 0 Å². The lowest BCUT2D eigenvalue weighted by molar-refractivity contribution is -0.153. The van der Waals surface area contributed by atoms with Crippen LogP contribution in [-0.4, -0.2) is 12.8 Å². The predicted octanol–water partition coefficient (Wildman–Crippen LogP) is 3.55. The first-order valence-corrected chi connectivity index (χ1v) is 4.59. The Kier molecular flexibility index (Phi) is 3.61. The fourth-order valence-electron chi connectivity index (χ4n) is 1.05. The summed E-state index contributed by atoms with van der Waals surface area (Å²) in [6.07, 6.45) is -4.30. The fourth-order valence-corrected chi connectivity index (χ4v) is 1.05. The molecular formula is C11H12F3O. The molecule has 0 aliphatic rings. The van der Waals surface area contributed by atoms with Gasteiger partial charge in [0.2, 0.25) is 0 Å². The zero-order valence-corrected chi connectivity index (χ0v) is 8.56. The molecule has 0 bridgehead atoms. The zero-order chi connectivity index (χ0) is 11.5. The van der Waals surface area contributed by atoms with Crippen molar-refractivity contribution in [3.63, 3.8) is 0 Å². The Labute approximate surface area is 86.9 Å². The highest BCUT2D eigenvalue weighted by atomic mass is 19.4. The molecule has 0 saturated carbocycles. The first-order valence-electron chi connectivity index (χ1n) is 4.59. The minimum atomic E-state index is -4.30. The van der Waals surface area contributed by atoms with Crippen molar-refractivity contribution in [1.82, 2.24) is 0 Å². The van der Waals surface area contributed by atoms with Crippen LogP contribution in [0.1, 0.15) is 25.3 Å². The maximum absolute atomic E-state index is 11.9. The lowest BCUT2D eigenvalue weighted by atomic mass is 10.0. The third kappa shape index (κ3) is 4.23. The van der Waals surface area contributed by atoms with Crippen LogP contribution in [0.5, 0.6) is 5.75 Å². The second-order valence-electron chi connectivity index (χ2n) is 3.56. The molecule has 0 N–H and O–H groups in total. The Morgan fingerprint density at radius 2 is 2.00 bits per heavy atom. The van der Waals surface area contributed by atoms with E-state index in [1.807, 2.05) is 13.8 Å². The van der Waals surface area contributed by atoms with Crippen molar-refractivity contribution in [3.8, 4) is 5.75 Å². The molecule has 4 heteroatoms. The third-order valence-corrected chi connectivity index (χ3v) is 1.85. The SMILES string of the molecule is CC(C)c1c[c]cc(OCC(F)(F)F)c1. The molecule has 1 nitrogen and oxygen atoms in total. The summed E-state index contributed by atoms with van der Waals surface area (Å²) in [6.45, 7) is 2.65. The van der Waals surface area contributed by atoms with Crippen molar-refractivity contribution < 1.29 is 17.9 Å². The summed E-state index contributed by atoms with van der Waals surface area (Å²) in [5.41, 5.74) is 0.912. The molecule has 1 aromatic carbocycles. The van der Waals surface area contributed by atoms with Gasteiger partial charge in [-0.3, -0.25) is 0 Å². The summed E-state index contributed by atoms with van der Waals surface area (Å²) in [7, 11) is 0. The quantitative estimate of drug-likeness (QED) is 0.752. The predicted molar refractivity (Wildman–Crippen MR) is 50.9 cm³/mol. The highest BCUT2D eigenvalue weighted by Gasteiger charge is 2.28. The number of halogens is 3. The number of alkyl halides is 3. The second kappa shape index (κ2) is 4.55. The van der Waals surface area contributed by atoms with Crippen LogP contribution in [0.4, 0.5) is 13.2 Å². The van der Waals surface area contributed by atoms with Gasteiger partial charge in [-0.15, -0.1) is 0 Å². The van der Waals surface area contributed by atoms with Crippen molar-refractivity contribution in [2.45, 2.75) is 25.9 Å². The van der Waals surface area contributed by atoms with Crippen LogP contribution < -0.4 is 4.74 Å². The molecule has 0 unspecified atom stereocenters. The molecule has 1 rings (SSSR count). The van der Waals surface area contributed by atoms with Crippen molar-refractivity contribution in [3.05, 3.63) is 29.8 Å². The maximum Gasteiger partial charge on any atom is 0.422 e. The molecular weight excluding hydrogens is 205 g/mol. The molecule has 0 fully saturated rings. The van der Waals surface area contributed by atoms with Crippen LogP contribution in [0.25, 0.3) is 0 Å². The summed E-state index contributed by atoms with van der Waals surface area (Å²) >= 11 is 0. The van der Waals surface area contributed by atoms with Crippen LogP contribution in [0.3, 0.4) is 0 Å². The molecule has 0 aliphatic heterocycles. The van der Waals surface area contributed by atoms with Gasteiger partial charge < -0.3 is 4.74 Å². The lowest BCUT2D eigenvalue weighted by Gasteiger charge is -2.11. The van der Waals surface area contributed by atoms with Crippen molar-refractivity contribution in [2.75, 3.05) is 6.61 Å². The summed E-state index contributed by atoms with van der Waals surface area (Å²) in [5, 5.41) is 0. The van der Waals surface area contributed by atoms with E-state index in [1.54, 1.807) is 12.1 Å². The van der Waals surface area contributed by atoms with E-state index in [2.05, 4.69) is 10.8 Å². The number of hydrogen-bond donors (Lipinski definition) is 0. The normalized spacial score (nSPS) is 11.9. The van der Waals surface area contributed by atoms with Crippen molar-refractivity contribution >= 4 is 0 Å². The van der Waals surface area contributed by atoms with Crippen LogP contribution >= 0.6 is 0 Å². The molecule has 0 atom stereocenters. The molecule has 0 amide bonds. The monoisotopic (exact) mass is 217 g/mol. The van der Waals surface area contributed by atoms with Gasteiger partial charge in [0.25, 0.3) is 0 Å². The topological polar surface area (TPSA) is 9.23 Å². The Bertz CT molecular complexity index is 318. The smallest absolute Gasteiger partial charge is 0.422 e. The minimum absolute atomic E-state index is 0.207. The van der Waals surface area contributed by atoms with Gasteiger partial charge in [0, 0.05) is 0 Å². The van der Waals surface area contributed by atoms with Gasteiger partial charge in [-0.05, 0) is 29.7 Å². The average Bonchev–Trinajstić information content (AvgIpc) is 2.14. The fraction of sp³-hybridized carbons (Fsp3) is 0.455. The Balaban J connectivity index is 2.66. The highest BCUT2D eigenvalue weighted by Crippen LogP contribution is 2.22. The van der Waals surface area contributed by atoms with Gasteiger partial charge in [0.05, 0.1) is 0 Å². The Morgan fingerprint density at radius 3 is 2.53 bits per heavy atom. The van der Waals surface area contributed by atoms with Crippen LogP contribution in [0.15, 0.2) is 18.2 Å². The molecule has 0 saturated heterocycles. The molecule has 1 radical (unpaired) electrons. The maximum atomic E-state index is 11.9.